The molecule has 0 aliphatic heterocycles. The van der Waals surface area contributed by atoms with Crippen LogP contribution in [0, 0.1) is 0 Å². The lowest BCUT2D eigenvalue weighted by atomic mass is 10.0. The number of rotatable bonds is 4. The first kappa shape index (κ1) is 31.1. The number of nitrogens with zero attached hydrogens (tertiary/aromatic N) is 3. The van der Waals surface area contributed by atoms with E-state index >= 15 is 0 Å². The smallest absolute Gasteiger partial charge is 0.135 e. The highest BCUT2D eigenvalue weighted by molar-refractivity contribution is 6.25. The number of fused-ring (bicyclic) bond motifs is 15. The van der Waals surface area contributed by atoms with Gasteiger partial charge in [0, 0.05) is 60.2 Å². The van der Waals surface area contributed by atoms with E-state index in [-0.39, 0.29) is 0 Å². The Balaban J connectivity index is 1.02. The van der Waals surface area contributed by atoms with Crippen LogP contribution in [0.3, 0.4) is 0 Å². The molecular formula is C54H31N3O2. The molecule has 59 heavy (non-hydrogen) atoms. The number of para-hydroxylation sites is 4. The van der Waals surface area contributed by atoms with E-state index in [1.165, 1.54) is 43.6 Å². The van der Waals surface area contributed by atoms with Gasteiger partial charge in [-0.1, -0.05) is 103 Å². The Kier molecular flexibility index (Phi) is 5.96. The quantitative estimate of drug-likeness (QED) is 0.168. The van der Waals surface area contributed by atoms with Crippen molar-refractivity contribution in [2.24, 2.45) is 0 Å². The van der Waals surface area contributed by atoms with Gasteiger partial charge in [-0.2, -0.15) is 0 Å². The average Bonchev–Trinajstić information content (AvgIpc) is 4.04. The van der Waals surface area contributed by atoms with Crippen molar-refractivity contribution in [1.29, 1.82) is 0 Å². The van der Waals surface area contributed by atoms with E-state index in [9.17, 15) is 0 Å². The summed E-state index contributed by atoms with van der Waals surface area (Å²) in [5.41, 5.74) is 16.3. The van der Waals surface area contributed by atoms with Crippen LogP contribution in [0.4, 0.5) is 17.1 Å². The highest BCUT2D eigenvalue weighted by atomic mass is 16.3. The molecule has 0 aliphatic rings. The number of furan rings is 2. The minimum Gasteiger partial charge on any atom is -0.456 e. The molecule has 5 heterocycles. The lowest BCUT2D eigenvalue weighted by Gasteiger charge is -2.26. The SMILES string of the molecule is c1ccc2c(c1)oc1ccc(-c3ccc(N(c4ccc5oc6ccccc6c5c4)c4ccc5c(c4)n4c6ccccc6c6ccc7c8ccccc8n5c7c64)cc3)cc12. The second kappa shape index (κ2) is 11.3. The molecule has 0 fully saturated rings. The third kappa shape index (κ3) is 4.18. The second-order valence-corrected chi connectivity index (χ2v) is 15.7. The first-order valence-corrected chi connectivity index (χ1v) is 20.1. The third-order valence-electron chi connectivity index (χ3n) is 12.6. The van der Waals surface area contributed by atoms with Crippen LogP contribution in [0.2, 0.25) is 0 Å². The molecule has 14 aromatic rings. The number of benzene rings is 9. The summed E-state index contributed by atoms with van der Waals surface area (Å²) in [6.45, 7) is 0. The molecule has 5 nitrogen and oxygen atoms in total. The third-order valence-corrected chi connectivity index (χ3v) is 12.6. The number of hydrogen-bond donors (Lipinski definition) is 0. The van der Waals surface area contributed by atoms with E-state index in [0.29, 0.717) is 0 Å². The predicted octanol–water partition coefficient (Wildman–Crippen LogP) is 15.2. The van der Waals surface area contributed by atoms with Gasteiger partial charge >= 0.3 is 0 Å². The van der Waals surface area contributed by atoms with Gasteiger partial charge < -0.3 is 22.5 Å². The van der Waals surface area contributed by atoms with Gasteiger partial charge in [-0.05, 0) is 96.1 Å². The maximum atomic E-state index is 6.31. The van der Waals surface area contributed by atoms with Gasteiger partial charge in [0.2, 0.25) is 0 Å². The summed E-state index contributed by atoms with van der Waals surface area (Å²) in [5, 5.41) is 9.51. The van der Waals surface area contributed by atoms with Gasteiger partial charge in [0.25, 0.3) is 0 Å². The van der Waals surface area contributed by atoms with E-state index in [4.69, 9.17) is 8.83 Å². The van der Waals surface area contributed by atoms with Crippen LogP contribution in [-0.2, 0) is 0 Å². The minimum absolute atomic E-state index is 0.874. The van der Waals surface area contributed by atoms with Crippen molar-refractivity contribution in [2.75, 3.05) is 4.90 Å². The van der Waals surface area contributed by atoms with E-state index in [1.54, 1.807) is 0 Å². The zero-order valence-electron chi connectivity index (χ0n) is 31.6. The lowest BCUT2D eigenvalue weighted by molar-refractivity contribution is 0.668. The van der Waals surface area contributed by atoms with Crippen LogP contribution in [0.25, 0.3) is 110 Å². The van der Waals surface area contributed by atoms with Crippen LogP contribution in [0.15, 0.2) is 197 Å². The molecule has 0 N–H and O–H groups in total. The normalized spacial score (nSPS) is 12.4. The van der Waals surface area contributed by atoms with Gasteiger partial charge in [-0.15, -0.1) is 0 Å². The maximum Gasteiger partial charge on any atom is 0.135 e. The van der Waals surface area contributed by atoms with E-state index in [1.807, 2.05) is 24.3 Å². The van der Waals surface area contributed by atoms with Gasteiger partial charge in [0.15, 0.2) is 0 Å². The Bertz CT molecular complexity index is 4030. The van der Waals surface area contributed by atoms with Crippen molar-refractivity contribution < 1.29 is 8.83 Å². The fourth-order valence-corrected chi connectivity index (χ4v) is 10.0. The molecule has 0 amide bonds. The van der Waals surface area contributed by atoms with Crippen molar-refractivity contribution in [3.05, 3.63) is 188 Å². The molecule has 0 saturated heterocycles. The summed E-state index contributed by atoms with van der Waals surface area (Å²) >= 11 is 0. The number of hydrogen-bond acceptors (Lipinski definition) is 3. The van der Waals surface area contributed by atoms with Crippen LogP contribution in [-0.4, -0.2) is 8.80 Å². The molecule has 0 unspecified atom stereocenters. The summed E-state index contributed by atoms with van der Waals surface area (Å²) in [6, 6.07) is 67.8. The van der Waals surface area contributed by atoms with Crippen LogP contribution in [0.5, 0.6) is 0 Å². The Morgan fingerprint density at radius 2 is 0.763 bits per heavy atom. The van der Waals surface area contributed by atoms with Gasteiger partial charge in [0.05, 0.1) is 33.1 Å². The molecule has 5 aromatic heterocycles. The largest absolute Gasteiger partial charge is 0.456 e. The van der Waals surface area contributed by atoms with Gasteiger partial charge in [0.1, 0.15) is 22.3 Å². The lowest BCUT2D eigenvalue weighted by Crippen LogP contribution is -2.10. The molecule has 0 radical (unpaired) electrons. The number of aromatic nitrogens is 2. The molecular weight excluding hydrogens is 723 g/mol. The first-order valence-electron chi connectivity index (χ1n) is 20.1. The van der Waals surface area contributed by atoms with E-state index in [2.05, 4.69) is 177 Å². The van der Waals surface area contributed by atoms with Gasteiger partial charge in [-0.25, -0.2) is 0 Å². The van der Waals surface area contributed by atoms with Crippen molar-refractivity contribution >= 4 is 116 Å². The van der Waals surface area contributed by atoms with Crippen LogP contribution in [0.1, 0.15) is 0 Å². The van der Waals surface area contributed by atoms with E-state index in [0.717, 1.165) is 83.1 Å². The number of anilines is 3. The summed E-state index contributed by atoms with van der Waals surface area (Å²) in [5.74, 6) is 0. The van der Waals surface area contributed by atoms with Crippen LogP contribution >= 0.6 is 0 Å². The van der Waals surface area contributed by atoms with Crippen molar-refractivity contribution in [3.8, 4) is 11.1 Å². The second-order valence-electron chi connectivity index (χ2n) is 15.7. The molecule has 0 aliphatic carbocycles. The molecule has 0 atom stereocenters. The van der Waals surface area contributed by atoms with Crippen molar-refractivity contribution in [2.45, 2.75) is 0 Å². The minimum atomic E-state index is 0.874. The molecule has 9 aromatic carbocycles. The van der Waals surface area contributed by atoms with Crippen molar-refractivity contribution in [3.63, 3.8) is 0 Å². The van der Waals surface area contributed by atoms with E-state index < -0.39 is 0 Å². The average molecular weight is 754 g/mol. The molecule has 0 saturated carbocycles. The molecule has 14 rings (SSSR count). The monoisotopic (exact) mass is 753 g/mol. The summed E-state index contributed by atoms with van der Waals surface area (Å²) in [4.78, 5) is 2.38. The Labute approximate surface area is 336 Å². The predicted molar refractivity (Wildman–Crippen MR) is 244 cm³/mol. The Morgan fingerprint density at radius 1 is 0.288 bits per heavy atom. The molecule has 5 heteroatoms. The molecule has 0 spiro atoms. The first-order chi connectivity index (χ1) is 29.2. The van der Waals surface area contributed by atoms with Crippen molar-refractivity contribution in [1.82, 2.24) is 8.80 Å². The Hall–Kier alpha value is -8.02. The maximum absolute atomic E-state index is 6.31. The topological polar surface area (TPSA) is 38.3 Å². The Morgan fingerprint density at radius 3 is 1.42 bits per heavy atom. The fourth-order valence-electron chi connectivity index (χ4n) is 10.0. The zero-order valence-corrected chi connectivity index (χ0v) is 31.6. The summed E-state index contributed by atoms with van der Waals surface area (Å²) in [7, 11) is 0. The summed E-state index contributed by atoms with van der Waals surface area (Å²) < 4.78 is 17.4. The van der Waals surface area contributed by atoms with Crippen LogP contribution < -0.4 is 4.90 Å². The summed E-state index contributed by atoms with van der Waals surface area (Å²) in [6.07, 6.45) is 0. The highest BCUT2D eigenvalue weighted by Crippen LogP contribution is 2.45. The molecule has 274 valence electrons. The highest BCUT2D eigenvalue weighted by Gasteiger charge is 2.23. The standard InChI is InChI=1S/C54H31N3O2/c1-5-13-45-37(9-1)41-24-25-42-38-10-2-6-14-46(38)57-48-31-36(22-26-47(48)56(45)53(41)54(42)57)55(35-23-28-52-44(30-35)40-12-4-8-16-50(40)59-52)34-20-17-32(18-21-34)33-19-27-51-43(29-33)39-11-3-7-15-49(39)58-51/h1-31H. The fraction of sp³-hybridized carbons (Fsp3) is 0. The van der Waals surface area contributed by atoms with Gasteiger partial charge in [-0.3, -0.25) is 0 Å². The molecule has 0 bridgehead atoms. The zero-order chi connectivity index (χ0) is 38.3.